The molecule has 71 valence electrons. The quantitative estimate of drug-likeness (QED) is 0.751. The zero-order valence-corrected chi connectivity index (χ0v) is 9.15. The maximum Gasteiger partial charge on any atom is 0.128 e. The molecule has 14 heavy (non-hydrogen) atoms. The van der Waals surface area contributed by atoms with Crippen LogP contribution in [-0.2, 0) is 0 Å². The van der Waals surface area contributed by atoms with E-state index in [9.17, 15) is 0 Å². The molecular formula is C11H8ClOS. The van der Waals surface area contributed by atoms with Crippen LogP contribution in [0.5, 0.6) is 5.75 Å². The van der Waals surface area contributed by atoms with Gasteiger partial charge in [0.25, 0.3) is 0 Å². The lowest BCUT2D eigenvalue weighted by Crippen LogP contribution is -1.85. The Morgan fingerprint density at radius 3 is 2.86 bits per heavy atom. The lowest BCUT2D eigenvalue weighted by molar-refractivity contribution is 0.416. The van der Waals surface area contributed by atoms with Crippen molar-refractivity contribution in [2.75, 3.05) is 7.11 Å². The highest BCUT2D eigenvalue weighted by Crippen LogP contribution is 2.34. The summed E-state index contributed by atoms with van der Waals surface area (Å²) in [6.07, 6.45) is 0. The number of hydrogen-bond donors (Lipinski definition) is 0. The lowest BCUT2D eigenvalue weighted by atomic mass is 10.1. The second kappa shape index (κ2) is 4.03. The van der Waals surface area contributed by atoms with Crippen LogP contribution in [0.3, 0.4) is 0 Å². The molecule has 1 aromatic carbocycles. The summed E-state index contributed by atoms with van der Waals surface area (Å²) >= 11 is 7.44. The monoisotopic (exact) mass is 223 g/mol. The molecule has 0 amide bonds. The number of halogens is 1. The van der Waals surface area contributed by atoms with Gasteiger partial charge in [0.05, 0.1) is 7.11 Å². The number of benzene rings is 1. The maximum atomic E-state index is 5.87. The van der Waals surface area contributed by atoms with E-state index in [0.717, 1.165) is 16.2 Å². The van der Waals surface area contributed by atoms with Gasteiger partial charge in [-0.1, -0.05) is 11.6 Å². The van der Waals surface area contributed by atoms with E-state index in [4.69, 9.17) is 16.3 Å². The van der Waals surface area contributed by atoms with Crippen molar-refractivity contribution >= 4 is 22.9 Å². The van der Waals surface area contributed by atoms with Gasteiger partial charge in [-0.05, 0) is 30.3 Å². The molecule has 0 fully saturated rings. The minimum atomic E-state index is 0.686. The fourth-order valence-corrected chi connectivity index (χ4v) is 2.09. The third-order valence-electron chi connectivity index (χ3n) is 1.90. The van der Waals surface area contributed by atoms with Crippen molar-refractivity contribution in [1.82, 2.24) is 0 Å². The van der Waals surface area contributed by atoms with Gasteiger partial charge in [0.1, 0.15) is 5.75 Å². The summed E-state index contributed by atoms with van der Waals surface area (Å²) in [4.78, 5) is 1.14. The first-order valence-corrected chi connectivity index (χ1v) is 5.30. The highest BCUT2D eigenvalue weighted by Gasteiger charge is 2.06. The zero-order chi connectivity index (χ0) is 9.97. The first kappa shape index (κ1) is 9.56. The molecule has 0 aliphatic rings. The van der Waals surface area contributed by atoms with Gasteiger partial charge in [-0.3, -0.25) is 0 Å². The molecule has 0 bridgehead atoms. The Morgan fingerprint density at radius 1 is 1.36 bits per heavy atom. The van der Waals surface area contributed by atoms with Gasteiger partial charge in [0, 0.05) is 20.8 Å². The Morgan fingerprint density at radius 2 is 2.21 bits per heavy atom. The molecule has 3 heteroatoms. The highest BCUT2D eigenvalue weighted by molar-refractivity contribution is 7.13. The van der Waals surface area contributed by atoms with E-state index in [1.165, 1.54) is 0 Å². The first-order valence-electron chi connectivity index (χ1n) is 4.11. The van der Waals surface area contributed by atoms with Crippen LogP contribution in [0.4, 0.5) is 0 Å². The molecule has 0 aliphatic carbocycles. The van der Waals surface area contributed by atoms with E-state index in [1.54, 1.807) is 18.4 Å². The predicted molar refractivity (Wildman–Crippen MR) is 60.2 cm³/mol. The summed E-state index contributed by atoms with van der Waals surface area (Å²) in [5, 5.41) is 3.73. The van der Waals surface area contributed by atoms with Crippen molar-refractivity contribution in [2.24, 2.45) is 0 Å². The maximum absolute atomic E-state index is 5.87. The minimum absolute atomic E-state index is 0.686. The van der Waals surface area contributed by atoms with Gasteiger partial charge in [0.2, 0.25) is 0 Å². The fourth-order valence-electron chi connectivity index (χ4n) is 1.25. The van der Waals surface area contributed by atoms with Gasteiger partial charge >= 0.3 is 0 Å². The largest absolute Gasteiger partial charge is 0.496 e. The van der Waals surface area contributed by atoms with E-state index in [0.29, 0.717) is 5.02 Å². The minimum Gasteiger partial charge on any atom is -0.496 e. The Hall–Kier alpha value is -0.990. The van der Waals surface area contributed by atoms with Crippen molar-refractivity contribution in [1.29, 1.82) is 0 Å². The summed E-state index contributed by atoms with van der Waals surface area (Å²) in [5.74, 6) is 0.799. The lowest BCUT2D eigenvalue weighted by Gasteiger charge is -2.06. The summed E-state index contributed by atoms with van der Waals surface area (Å²) in [7, 11) is 1.65. The third kappa shape index (κ3) is 1.76. The van der Waals surface area contributed by atoms with Crippen molar-refractivity contribution in [3.63, 3.8) is 0 Å². The molecule has 2 aromatic rings. The summed E-state index contributed by atoms with van der Waals surface area (Å²) in [6.45, 7) is 0. The van der Waals surface area contributed by atoms with Crippen molar-refractivity contribution in [3.8, 4) is 16.2 Å². The van der Waals surface area contributed by atoms with E-state index >= 15 is 0 Å². The van der Waals surface area contributed by atoms with Crippen LogP contribution in [0.2, 0.25) is 5.02 Å². The average molecular weight is 224 g/mol. The van der Waals surface area contributed by atoms with Crippen LogP contribution in [0, 0.1) is 5.38 Å². The van der Waals surface area contributed by atoms with E-state index < -0.39 is 0 Å². The van der Waals surface area contributed by atoms with Crippen LogP contribution < -0.4 is 4.74 Å². The molecule has 2 rings (SSSR count). The zero-order valence-electron chi connectivity index (χ0n) is 7.58. The number of hydrogen-bond acceptors (Lipinski definition) is 2. The number of methoxy groups -OCH3 is 1. The van der Waals surface area contributed by atoms with Crippen LogP contribution in [0.25, 0.3) is 10.4 Å². The normalized spacial score (nSPS) is 10.1. The van der Waals surface area contributed by atoms with Crippen molar-refractivity contribution in [2.45, 2.75) is 0 Å². The van der Waals surface area contributed by atoms with Crippen LogP contribution in [0.15, 0.2) is 30.3 Å². The Kier molecular flexibility index (Phi) is 2.75. The smallest absolute Gasteiger partial charge is 0.128 e. The molecule has 0 unspecified atom stereocenters. The fraction of sp³-hybridized carbons (Fsp3) is 0.0909. The molecule has 0 aliphatic heterocycles. The highest BCUT2D eigenvalue weighted by atomic mass is 35.5. The van der Waals surface area contributed by atoms with E-state index in [1.807, 2.05) is 30.3 Å². The summed E-state index contributed by atoms with van der Waals surface area (Å²) < 4.78 is 5.26. The summed E-state index contributed by atoms with van der Waals surface area (Å²) in [6, 6.07) is 9.54. The first-order chi connectivity index (χ1) is 6.81. The SMILES string of the molecule is COc1cc(Cl)ccc1-c1cc[c]s1. The van der Waals surface area contributed by atoms with Gasteiger partial charge in [-0.15, -0.1) is 11.3 Å². The van der Waals surface area contributed by atoms with Crippen LogP contribution in [-0.4, -0.2) is 7.11 Å². The number of thiophene rings is 1. The Bertz CT molecular complexity index is 423. The molecule has 1 heterocycles. The summed E-state index contributed by atoms with van der Waals surface area (Å²) in [5.41, 5.74) is 1.06. The number of ether oxygens (including phenoxy) is 1. The Balaban J connectivity index is 2.53. The second-order valence-corrected chi connectivity index (χ2v) is 4.08. The van der Waals surface area contributed by atoms with Gasteiger partial charge < -0.3 is 4.74 Å². The van der Waals surface area contributed by atoms with E-state index in [-0.39, 0.29) is 0 Å². The molecule has 0 saturated carbocycles. The molecule has 1 nitrogen and oxygen atoms in total. The molecular weight excluding hydrogens is 216 g/mol. The van der Waals surface area contributed by atoms with E-state index in [2.05, 4.69) is 5.38 Å². The van der Waals surface area contributed by atoms with Gasteiger partial charge in [0.15, 0.2) is 0 Å². The molecule has 1 aromatic heterocycles. The molecule has 0 saturated heterocycles. The molecule has 1 radical (unpaired) electrons. The predicted octanol–water partition coefficient (Wildman–Crippen LogP) is 3.88. The topological polar surface area (TPSA) is 9.23 Å². The third-order valence-corrected chi connectivity index (χ3v) is 2.97. The van der Waals surface area contributed by atoms with Gasteiger partial charge in [-0.2, -0.15) is 0 Å². The van der Waals surface area contributed by atoms with Crippen LogP contribution >= 0.6 is 22.9 Å². The Labute approximate surface area is 91.9 Å². The average Bonchev–Trinajstić information content (AvgIpc) is 2.70. The second-order valence-electron chi connectivity index (χ2n) is 2.76. The molecule has 0 N–H and O–H groups in total. The van der Waals surface area contributed by atoms with Gasteiger partial charge in [-0.25, -0.2) is 0 Å². The molecule has 0 atom stereocenters. The molecule has 0 spiro atoms. The standard InChI is InChI=1S/C11H8ClOS/c1-13-10-7-8(12)4-5-9(10)11-3-2-6-14-11/h2-5,7H,1H3. The van der Waals surface area contributed by atoms with Crippen molar-refractivity contribution < 1.29 is 4.74 Å². The van der Waals surface area contributed by atoms with Crippen LogP contribution in [0.1, 0.15) is 0 Å². The number of rotatable bonds is 2. The van der Waals surface area contributed by atoms with Crippen molar-refractivity contribution in [3.05, 3.63) is 40.7 Å².